The van der Waals surface area contributed by atoms with Crippen LogP contribution in [-0.2, 0) is 9.31 Å². The molecule has 0 spiro atoms. The lowest BCUT2D eigenvalue weighted by Gasteiger charge is -2.35. The highest BCUT2D eigenvalue weighted by Crippen LogP contribution is 2.38. The summed E-state index contributed by atoms with van der Waals surface area (Å²) in [5.41, 5.74) is 10.9. The summed E-state index contributed by atoms with van der Waals surface area (Å²) in [4.78, 5) is 4.60. The molecule has 136 valence electrons. The van der Waals surface area contributed by atoms with Crippen LogP contribution in [0.15, 0.2) is 30.0 Å². The van der Waals surface area contributed by atoms with Crippen LogP contribution in [0, 0.1) is 0 Å². The maximum absolute atomic E-state index is 6.26. The summed E-state index contributed by atoms with van der Waals surface area (Å²) < 4.78 is 15.5. The van der Waals surface area contributed by atoms with E-state index in [1.807, 2.05) is 36.9 Å². The fourth-order valence-corrected chi connectivity index (χ4v) is 5.03. The summed E-state index contributed by atoms with van der Waals surface area (Å²) in [6.45, 7) is 6.45. The van der Waals surface area contributed by atoms with E-state index in [2.05, 4.69) is 50.5 Å². The number of hydrogen-bond donors (Lipinski definition) is 1. The van der Waals surface area contributed by atoms with Crippen molar-refractivity contribution in [1.82, 2.24) is 14.5 Å². The molecule has 0 amide bonds. The van der Waals surface area contributed by atoms with Gasteiger partial charge in [0, 0.05) is 29.3 Å². The second-order valence-corrected chi connectivity index (χ2v) is 9.93. The quantitative estimate of drug-likeness (QED) is 0.339. The maximum Gasteiger partial charge on any atom is 0.496 e. The van der Waals surface area contributed by atoms with Crippen LogP contribution in [0.2, 0.25) is 0 Å². The molecule has 0 radical (unpaired) electrons. The van der Waals surface area contributed by atoms with Gasteiger partial charge in [-0.05, 0) is 42.8 Å². The lowest BCUT2D eigenvalue weighted by Crippen LogP contribution is -2.50. The molecule has 2 atom stereocenters. The van der Waals surface area contributed by atoms with Crippen molar-refractivity contribution in [1.29, 1.82) is 0 Å². The first kappa shape index (κ1) is 18.8. The molecule has 2 unspecified atom stereocenters. The van der Waals surface area contributed by atoms with E-state index in [-0.39, 0.29) is 0 Å². The Labute approximate surface area is 171 Å². The Kier molecular flexibility index (Phi) is 4.90. The van der Waals surface area contributed by atoms with Crippen LogP contribution in [0.1, 0.15) is 20.8 Å². The zero-order valence-electron chi connectivity index (χ0n) is 14.7. The van der Waals surface area contributed by atoms with Crippen LogP contribution in [0.25, 0.3) is 21.3 Å². The molecule has 1 fully saturated rings. The van der Waals surface area contributed by atoms with E-state index in [9.17, 15) is 0 Å². The molecule has 4 rings (SSSR count). The first-order valence-corrected chi connectivity index (χ1v) is 13.2. The van der Waals surface area contributed by atoms with Gasteiger partial charge in [0.1, 0.15) is 0 Å². The first-order valence-electron chi connectivity index (χ1n) is 8.22. The molecule has 0 aliphatic carbocycles. The zero-order chi connectivity index (χ0) is 18.5. The Morgan fingerprint density at radius 1 is 1.35 bits per heavy atom. The Bertz CT molecular complexity index is 965. The van der Waals surface area contributed by atoms with Crippen LogP contribution in [0.3, 0.4) is 0 Å². The fraction of sp³-hybridized carbons (Fsp3) is 0.375. The standard InChI is InChI=1S/C16H19BIN4O2PS/c1-15(2)16(3,8-19)24-17(23-15)12-5-4-11(13-14(12)26-9-20-13)10-6-21-22(7-10)25-18/h4-7,9,25H,8,19H2,1-3H3. The van der Waals surface area contributed by atoms with E-state index in [0.29, 0.717) is 12.9 Å². The molecular weight excluding hydrogens is 481 g/mol. The third-order valence-electron chi connectivity index (χ3n) is 5.18. The highest BCUT2D eigenvalue weighted by molar-refractivity contribution is 14.2. The van der Waals surface area contributed by atoms with Crippen LogP contribution < -0.4 is 11.2 Å². The van der Waals surface area contributed by atoms with Gasteiger partial charge in [-0.15, -0.1) is 11.3 Å². The molecule has 1 aliphatic rings. The highest BCUT2D eigenvalue weighted by Gasteiger charge is 2.54. The monoisotopic (exact) mass is 500 g/mol. The van der Waals surface area contributed by atoms with Crippen molar-refractivity contribution in [2.45, 2.75) is 32.0 Å². The normalized spacial score (nSPS) is 22.9. The molecule has 2 aromatic heterocycles. The van der Waals surface area contributed by atoms with Gasteiger partial charge in [-0.2, -0.15) is 5.10 Å². The minimum absolute atomic E-state index is 0.399. The number of rotatable bonds is 4. The van der Waals surface area contributed by atoms with Gasteiger partial charge in [-0.25, -0.2) is 9.44 Å². The SMILES string of the molecule is CC1(C)OB(c2ccc(-c3cnn(PI)c3)c3ncsc23)OC1(C)CN. The van der Waals surface area contributed by atoms with E-state index >= 15 is 0 Å². The summed E-state index contributed by atoms with van der Waals surface area (Å²) in [7, 11) is -0.450. The van der Waals surface area contributed by atoms with Crippen molar-refractivity contribution in [3.63, 3.8) is 0 Å². The first-order chi connectivity index (χ1) is 12.4. The van der Waals surface area contributed by atoms with Gasteiger partial charge >= 0.3 is 7.12 Å². The Morgan fingerprint density at radius 3 is 2.81 bits per heavy atom. The van der Waals surface area contributed by atoms with Crippen LogP contribution >= 0.6 is 39.8 Å². The number of benzene rings is 1. The molecule has 0 bridgehead atoms. The Balaban J connectivity index is 1.77. The minimum Gasteiger partial charge on any atom is -0.399 e. The molecule has 1 saturated heterocycles. The van der Waals surface area contributed by atoms with Crippen molar-refractivity contribution in [3.8, 4) is 11.1 Å². The number of nitrogens with two attached hydrogens (primary N) is 1. The van der Waals surface area contributed by atoms with Gasteiger partial charge < -0.3 is 15.0 Å². The molecule has 26 heavy (non-hydrogen) atoms. The number of aromatic nitrogens is 3. The van der Waals surface area contributed by atoms with Gasteiger partial charge in [0.2, 0.25) is 0 Å². The molecular formula is C16H19BIN4O2PS. The predicted molar refractivity (Wildman–Crippen MR) is 118 cm³/mol. The summed E-state index contributed by atoms with van der Waals surface area (Å²) in [5.74, 6) is 0. The highest BCUT2D eigenvalue weighted by atomic mass is 127. The Hall–Kier alpha value is -0.575. The van der Waals surface area contributed by atoms with Crippen LogP contribution in [-0.4, -0.2) is 39.4 Å². The van der Waals surface area contributed by atoms with E-state index in [0.717, 1.165) is 26.8 Å². The molecule has 3 aromatic rings. The van der Waals surface area contributed by atoms with Crippen molar-refractivity contribution in [2.75, 3.05) is 6.54 Å². The molecule has 6 nitrogen and oxygen atoms in total. The zero-order valence-corrected chi connectivity index (χ0v) is 18.7. The summed E-state index contributed by atoms with van der Waals surface area (Å²) in [6.07, 6.45) is 4.51. The molecule has 0 saturated carbocycles. The lowest BCUT2D eigenvalue weighted by molar-refractivity contribution is -0.00187. The second-order valence-electron chi connectivity index (χ2n) is 7.00. The number of hydrogen-bond acceptors (Lipinski definition) is 6. The molecule has 1 aliphatic heterocycles. The smallest absolute Gasteiger partial charge is 0.399 e. The molecule has 10 heteroatoms. The summed E-state index contributed by atoms with van der Waals surface area (Å²) >= 11 is 3.92. The van der Waals surface area contributed by atoms with Crippen LogP contribution in [0.4, 0.5) is 0 Å². The van der Waals surface area contributed by atoms with E-state index in [1.54, 1.807) is 11.3 Å². The van der Waals surface area contributed by atoms with Crippen molar-refractivity contribution >= 4 is 62.5 Å². The summed E-state index contributed by atoms with van der Waals surface area (Å²) in [6, 6.07) is 4.15. The summed E-state index contributed by atoms with van der Waals surface area (Å²) in [5, 5.41) is 4.39. The van der Waals surface area contributed by atoms with Crippen molar-refractivity contribution in [2.24, 2.45) is 5.73 Å². The average Bonchev–Trinajstić information content (AvgIpc) is 3.32. The van der Waals surface area contributed by atoms with Gasteiger partial charge in [0.25, 0.3) is 0 Å². The topological polar surface area (TPSA) is 75.2 Å². The van der Waals surface area contributed by atoms with E-state index in [1.165, 1.54) is 0 Å². The molecule has 2 N–H and O–H groups in total. The van der Waals surface area contributed by atoms with Crippen molar-refractivity contribution in [3.05, 3.63) is 30.0 Å². The second kappa shape index (κ2) is 6.79. The third kappa shape index (κ3) is 2.93. The average molecular weight is 500 g/mol. The number of thiazole rings is 1. The lowest BCUT2D eigenvalue weighted by atomic mass is 9.78. The van der Waals surface area contributed by atoms with Gasteiger partial charge in [0.05, 0.1) is 39.5 Å². The maximum atomic E-state index is 6.26. The van der Waals surface area contributed by atoms with Crippen LogP contribution in [0.5, 0.6) is 0 Å². The van der Waals surface area contributed by atoms with Gasteiger partial charge in [-0.3, -0.25) is 0 Å². The van der Waals surface area contributed by atoms with Crippen molar-refractivity contribution < 1.29 is 9.31 Å². The number of nitrogens with zero attached hydrogens (tertiary/aromatic N) is 3. The number of halogens is 1. The molecule has 3 heterocycles. The largest absolute Gasteiger partial charge is 0.496 e. The van der Waals surface area contributed by atoms with Gasteiger partial charge in [-0.1, -0.05) is 12.1 Å². The Morgan fingerprint density at radius 2 is 2.15 bits per heavy atom. The number of fused-ring (bicyclic) bond motifs is 1. The minimum atomic E-state index is -0.532. The molecule has 1 aromatic carbocycles. The fourth-order valence-electron chi connectivity index (χ4n) is 3.11. The van der Waals surface area contributed by atoms with E-state index < -0.39 is 18.3 Å². The van der Waals surface area contributed by atoms with Gasteiger partial charge in [0.15, 0.2) is 0 Å². The third-order valence-corrected chi connectivity index (χ3v) is 7.96. The van der Waals surface area contributed by atoms with E-state index in [4.69, 9.17) is 15.0 Å². The predicted octanol–water partition coefficient (Wildman–Crippen LogP) is 3.19.